The van der Waals surface area contributed by atoms with Crippen molar-refractivity contribution in [3.05, 3.63) is 35.9 Å². The summed E-state index contributed by atoms with van der Waals surface area (Å²) in [4.78, 5) is 13.6. The van der Waals surface area contributed by atoms with Gasteiger partial charge in [-0.1, -0.05) is 18.2 Å². The van der Waals surface area contributed by atoms with Crippen molar-refractivity contribution in [1.82, 2.24) is 15.2 Å². The van der Waals surface area contributed by atoms with Gasteiger partial charge in [-0.15, -0.1) is 0 Å². The van der Waals surface area contributed by atoms with Crippen molar-refractivity contribution in [2.75, 3.05) is 66.1 Å². The van der Waals surface area contributed by atoms with Gasteiger partial charge in [0.25, 0.3) is 0 Å². The van der Waals surface area contributed by atoms with Gasteiger partial charge in [0.1, 0.15) is 5.82 Å². The average molecular weight is 400 g/mol. The molecular weight excluding hydrogens is 366 g/mol. The molecule has 0 saturated carbocycles. The largest absolute Gasteiger partial charge is 0.382 e. The standard InChI is InChI=1S/C22H33N5O2/c1-23-22(27-10-9-17(15-27)16-29-12-11-28-4)24-14-18-13-21(26(2)3)25-20-8-6-5-7-19(18)20/h5-8,13,17H,9-12,14-16H2,1-4H3,(H,23,24). The van der Waals surface area contributed by atoms with E-state index in [-0.39, 0.29) is 0 Å². The van der Waals surface area contributed by atoms with Crippen LogP contribution in [0.2, 0.25) is 0 Å². The topological polar surface area (TPSA) is 62.2 Å². The Morgan fingerprint density at radius 2 is 2.14 bits per heavy atom. The molecule has 1 aliphatic heterocycles. The lowest BCUT2D eigenvalue weighted by Gasteiger charge is -2.22. The zero-order valence-corrected chi connectivity index (χ0v) is 18.0. The third-order valence-corrected chi connectivity index (χ3v) is 5.27. The predicted octanol–water partition coefficient (Wildman–Crippen LogP) is 2.36. The van der Waals surface area contributed by atoms with Gasteiger partial charge in [0.15, 0.2) is 5.96 Å². The summed E-state index contributed by atoms with van der Waals surface area (Å²) in [6.45, 7) is 4.75. The molecule has 1 aromatic carbocycles. The molecule has 0 spiro atoms. The number of anilines is 1. The van der Waals surface area contributed by atoms with E-state index in [9.17, 15) is 0 Å². The molecule has 0 aliphatic carbocycles. The molecule has 1 atom stereocenters. The zero-order chi connectivity index (χ0) is 20.6. The van der Waals surface area contributed by atoms with Gasteiger partial charge in [0.05, 0.1) is 25.3 Å². The van der Waals surface area contributed by atoms with E-state index in [1.54, 1.807) is 7.11 Å². The summed E-state index contributed by atoms with van der Waals surface area (Å²) >= 11 is 0. The number of methoxy groups -OCH3 is 1. The lowest BCUT2D eigenvalue weighted by Crippen LogP contribution is -2.40. The molecule has 1 fully saturated rings. The second-order valence-corrected chi connectivity index (χ2v) is 7.62. The molecule has 1 N–H and O–H groups in total. The predicted molar refractivity (Wildman–Crippen MR) is 119 cm³/mol. The van der Waals surface area contributed by atoms with Gasteiger partial charge in [-0.3, -0.25) is 4.99 Å². The van der Waals surface area contributed by atoms with Crippen molar-refractivity contribution in [3.63, 3.8) is 0 Å². The SMILES string of the molecule is CN=C(NCc1cc(N(C)C)nc2ccccc12)N1CCC(COCCOC)C1. The van der Waals surface area contributed by atoms with E-state index < -0.39 is 0 Å². The van der Waals surface area contributed by atoms with Crippen LogP contribution in [0.3, 0.4) is 0 Å². The molecule has 0 radical (unpaired) electrons. The molecule has 2 aromatic rings. The monoisotopic (exact) mass is 399 g/mol. The summed E-state index contributed by atoms with van der Waals surface area (Å²) in [6, 6.07) is 10.4. The van der Waals surface area contributed by atoms with E-state index in [2.05, 4.69) is 39.5 Å². The van der Waals surface area contributed by atoms with E-state index in [0.29, 0.717) is 25.7 Å². The first kappa shape index (κ1) is 21.3. The summed E-state index contributed by atoms with van der Waals surface area (Å²) in [5.74, 6) is 2.44. The Kier molecular flexibility index (Phi) is 7.66. The highest BCUT2D eigenvalue weighted by Crippen LogP contribution is 2.22. The third-order valence-electron chi connectivity index (χ3n) is 5.27. The highest BCUT2D eigenvalue weighted by molar-refractivity contribution is 5.85. The molecule has 29 heavy (non-hydrogen) atoms. The van der Waals surface area contributed by atoms with Crippen molar-refractivity contribution in [3.8, 4) is 0 Å². The van der Waals surface area contributed by atoms with Gasteiger partial charge in [-0.2, -0.15) is 0 Å². The summed E-state index contributed by atoms with van der Waals surface area (Å²) in [5, 5.41) is 4.72. The number of hydrogen-bond donors (Lipinski definition) is 1. The van der Waals surface area contributed by atoms with Gasteiger partial charge in [-0.25, -0.2) is 4.98 Å². The van der Waals surface area contributed by atoms with Crippen LogP contribution in [0.5, 0.6) is 0 Å². The second-order valence-electron chi connectivity index (χ2n) is 7.62. The lowest BCUT2D eigenvalue weighted by atomic mass is 10.1. The first-order chi connectivity index (χ1) is 14.1. The fraction of sp³-hybridized carbons (Fsp3) is 0.545. The number of guanidine groups is 1. The number of para-hydroxylation sites is 1. The highest BCUT2D eigenvalue weighted by atomic mass is 16.5. The van der Waals surface area contributed by atoms with Crippen LogP contribution in [0.15, 0.2) is 35.3 Å². The fourth-order valence-corrected chi connectivity index (χ4v) is 3.67. The first-order valence-electron chi connectivity index (χ1n) is 10.2. The Hall–Kier alpha value is -2.38. The molecule has 1 aromatic heterocycles. The number of hydrogen-bond acceptors (Lipinski definition) is 5. The Morgan fingerprint density at radius 3 is 2.90 bits per heavy atom. The van der Waals surface area contributed by atoms with Crippen molar-refractivity contribution in [2.45, 2.75) is 13.0 Å². The maximum Gasteiger partial charge on any atom is 0.193 e. The Morgan fingerprint density at radius 1 is 1.31 bits per heavy atom. The fourth-order valence-electron chi connectivity index (χ4n) is 3.67. The molecule has 7 nitrogen and oxygen atoms in total. The van der Waals surface area contributed by atoms with Gasteiger partial charge in [-0.05, 0) is 24.1 Å². The minimum atomic E-state index is 0.535. The van der Waals surface area contributed by atoms with Crippen molar-refractivity contribution >= 4 is 22.7 Å². The van der Waals surface area contributed by atoms with Gasteiger partial charge in [0, 0.05) is 59.2 Å². The molecule has 0 amide bonds. The first-order valence-corrected chi connectivity index (χ1v) is 10.2. The number of aromatic nitrogens is 1. The Balaban J connectivity index is 1.63. The van der Waals surface area contributed by atoms with Crippen LogP contribution in [-0.4, -0.2) is 77.0 Å². The van der Waals surface area contributed by atoms with E-state index in [1.165, 1.54) is 10.9 Å². The normalized spacial score (nSPS) is 17.2. The van der Waals surface area contributed by atoms with Gasteiger partial charge < -0.3 is 24.6 Å². The van der Waals surface area contributed by atoms with E-state index in [4.69, 9.17) is 14.5 Å². The summed E-state index contributed by atoms with van der Waals surface area (Å²) in [6.07, 6.45) is 1.12. The molecule has 2 heterocycles. The maximum atomic E-state index is 5.71. The Bertz CT molecular complexity index is 824. The number of ether oxygens (including phenoxy) is 2. The van der Waals surface area contributed by atoms with Gasteiger partial charge in [0.2, 0.25) is 0 Å². The number of nitrogens with one attached hydrogen (secondary N) is 1. The van der Waals surface area contributed by atoms with Crippen LogP contribution in [0.25, 0.3) is 10.9 Å². The number of likely N-dealkylation sites (tertiary alicyclic amines) is 1. The number of rotatable bonds is 8. The number of pyridine rings is 1. The van der Waals surface area contributed by atoms with Crippen LogP contribution < -0.4 is 10.2 Å². The minimum absolute atomic E-state index is 0.535. The van der Waals surface area contributed by atoms with Crippen LogP contribution in [0.1, 0.15) is 12.0 Å². The molecule has 1 unspecified atom stereocenters. The number of nitrogens with zero attached hydrogens (tertiary/aromatic N) is 4. The highest BCUT2D eigenvalue weighted by Gasteiger charge is 2.25. The number of aliphatic imine (C=N–C) groups is 1. The second kappa shape index (κ2) is 10.4. The average Bonchev–Trinajstić information content (AvgIpc) is 3.20. The minimum Gasteiger partial charge on any atom is -0.382 e. The van der Waals surface area contributed by atoms with Crippen LogP contribution in [0.4, 0.5) is 5.82 Å². The number of fused-ring (bicyclic) bond motifs is 1. The van der Waals surface area contributed by atoms with Crippen LogP contribution in [-0.2, 0) is 16.0 Å². The smallest absolute Gasteiger partial charge is 0.193 e. The molecule has 3 rings (SSSR count). The van der Waals surface area contributed by atoms with Crippen molar-refractivity contribution in [2.24, 2.45) is 10.9 Å². The molecule has 158 valence electrons. The Labute approximate surface area is 173 Å². The molecular formula is C22H33N5O2. The quantitative estimate of drug-likeness (QED) is 0.418. The molecule has 0 bridgehead atoms. The van der Waals surface area contributed by atoms with Crippen molar-refractivity contribution in [1.29, 1.82) is 0 Å². The zero-order valence-electron chi connectivity index (χ0n) is 18.0. The summed E-state index contributed by atoms with van der Waals surface area (Å²) < 4.78 is 10.7. The maximum absolute atomic E-state index is 5.71. The molecule has 7 heteroatoms. The van der Waals surface area contributed by atoms with E-state index in [1.807, 2.05) is 32.1 Å². The number of benzene rings is 1. The van der Waals surface area contributed by atoms with Crippen LogP contribution >= 0.6 is 0 Å². The lowest BCUT2D eigenvalue weighted by molar-refractivity contribution is 0.0536. The third kappa shape index (κ3) is 5.58. The van der Waals surface area contributed by atoms with Crippen molar-refractivity contribution < 1.29 is 9.47 Å². The summed E-state index contributed by atoms with van der Waals surface area (Å²) in [7, 11) is 7.59. The van der Waals surface area contributed by atoms with E-state index in [0.717, 1.165) is 43.4 Å². The molecule has 1 aliphatic rings. The summed E-state index contributed by atoms with van der Waals surface area (Å²) in [5.41, 5.74) is 2.24. The molecule has 1 saturated heterocycles. The van der Waals surface area contributed by atoms with Crippen LogP contribution in [0, 0.1) is 5.92 Å². The van der Waals surface area contributed by atoms with E-state index >= 15 is 0 Å². The van der Waals surface area contributed by atoms with Gasteiger partial charge >= 0.3 is 0 Å².